The van der Waals surface area contributed by atoms with E-state index in [2.05, 4.69) is 0 Å². The summed E-state index contributed by atoms with van der Waals surface area (Å²) in [6.07, 6.45) is 0.250. The van der Waals surface area contributed by atoms with Crippen LogP contribution in [0.4, 0.5) is 0 Å². The lowest BCUT2D eigenvalue weighted by molar-refractivity contribution is -0.191. The van der Waals surface area contributed by atoms with E-state index in [0.717, 1.165) is 0 Å². The largest absolute Gasteiger partial charge is 0.373 e. The summed E-state index contributed by atoms with van der Waals surface area (Å²) in [6.45, 7) is 0. The van der Waals surface area contributed by atoms with Gasteiger partial charge in [0, 0.05) is 0 Å². The van der Waals surface area contributed by atoms with Crippen molar-refractivity contribution >= 4 is 19.6 Å². The van der Waals surface area contributed by atoms with Crippen LogP contribution in [-0.2, 0) is 9.59 Å². The first-order valence-corrected chi connectivity index (χ1v) is 0.408. The molecular formula is CH2O2S. The zero-order chi connectivity index (χ0) is 2.71. The second-order valence-electron chi connectivity index (χ2n) is 0.0833. The zero-order valence-corrected chi connectivity index (χ0v) is 2.82. The monoisotopic (exact) mass is 78.0 g/mol. The average molecular weight is 78.1 g/mol. The van der Waals surface area contributed by atoms with Crippen LogP contribution in [-0.4, -0.2) is 6.15 Å². The summed E-state index contributed by atoms with van der Waals surface area (Å²) in [6, 6.07) is 0. The normalized spacial score (nSPS) is 2.00. The zero-order valence-electron chi connectivity index (χ0n) is 1.82. The van der Waals surface area contributed by atoms with Crippen molar-refractivity contribution in [1.29, 1.82) is 0 Å². The van der Waals surface area contributed by atoms with Gasteiger partial charge in [-0.1, -0.05) is 0 Å². The van der Waals surface area contributed by atoms with E-state index in [1.165, 1.54) is 0 Å². The first-order chi connectivity index (χ1) is 1.41. The molecule has 0 bridgehead atoms. The molecule has 0 aliphatic rings. The molecule has 0 atom stereocenters. The molecule has 0 aromatic carbocycles. The van der Waals surface area contributed by atoms with E-state index in [-0.39, 0.29) is 19.6 Å². The summed E-state index contributed by atoms with van der Waals surface area (Å²) in [5.41, 5.74) is 0. The van der Waals surface area contributed by atoms with E-state index in [1.807, 2.05) is 0 Å². The van der Waals surface area contributed by atoms with E-state index >= 15 is 0 Å². The Labute approximate surface area is 30.3 Å². The van der Waals surface area contributed by atoms with Crippen LogP contribution in [0.2, 0.25) is 0 Å². The first-order valence-electron chi connectivity index (χ1n) is 0.408. The highest BCUT2D eigenvalue weighted by Gasteiger charge is 1.13. The molecular weight excluding hydrogens is 76.1 g/mol. The van der Waals surface area contributed by atoms with Gasteiger partial charge in [0.1, 0.15) is 0 Å². The molecule has 24 valence electrons. The fraction of sp³-hybridized carbons (Fsp3) is 0. The Bertz CT molecular complexity index is 27.0. The molecule has 0 N–H and O–H groups in total. The molecule has 0 aliphatic carbocycles. The van der Waals surface area contributed by atoms with Crippen molar-refractivity contribution in [3.05, 3.63) is 0 Å². The molecule has 0 fully saturated rings. The summed E-state index contributed by atoms with van der Waals surface area (Å²) < 4.78 is 0. The lowest BCUT2D eigenvalue weighted by atomic mass is 11.8. The number of hydrogen-bond donors (Lipinski definition) is 0. The molecule has 4 heavy (non-hydrogen) atoms. The molecule has 0 saturated heterocycles. The van der Waals surface area contributed by atoms with Crippen molar-refractivity contribution in [1.82, 2.24) is 0 Å². The second-order valence-corrected chi connectivity index (χ2v) is 0.0833. The molecule has 0 aromatic rings. The van der Waals surface area contributed by atoms with Gasteiger partial charge in [-0.25, -0.2) is 0 Å². The molecule has 3 heteroatoms. The summed E-state index contributed by atoms with van der Waals surface area (Å²) in [7, 11) is 0. The van der Waals surface area contributed by atoms with Crippen LogP contribution >= 0.6 is 13.5 Å². The van der Waals surface area contributed by atoms with Crippen molar-refractivity contribution in [2.45, 2.75) is 0 Å². The van der Waals surface area contributed by atoms with Gasteiger partial charge in [0.2, 0.25) is 0 Å². The van der Waals surface area contributed by atoms with Crippen LogP contribution in [0.1, 0.15) is 0 Å². The standard InChI is InChI=1S/CO2.H2S/c2-1-3;/h;1H2. The summed E-state index contributed by atoms with van der Waals surface area (Å²) in [4.78, 5) is 16.2. The van der Waals surface area contributed by atoms with Gasteiger partial charge in [0.05, 0.1) is 0 Å². The van der Waals surface area contributed by atoms with Crippen molar-refractivity contribution in [3.8, 4) is 0 Å². The summed E-state index contributed by atoms with van der Waals surface area (Å²) >= 11 is 0. The predicted octanol–water partition coefficient (Wildman–Crippen LogP) is -0.471. The van der Waals surface area contributed by atoms with Gasteiger partial charge >= 0.3 is 6.15 Å². The van der Waals surface area contributed by atoms with Gasteiger partial charge in [-0.05, 0) is 0 Å². The predicted molar refractivity (Wildman–Crippen MR) is 15.4 cm³/mol. The molecule has 0 aromatic heterocycles. The fourth-order valence-electron chi connectivity index (χ4n) is 0. The summed E-state index contributed by atoms with van der Waals surface area (Å²) in [5.74, 6) is 0. The maximum Gasteiger partial charge on any atom is 0.373 e. The Kier molecular flexibility index (Phi) is 35.6. The van der Waals surface area contributed by atoms with E-state index in [4.69, 9.17) is 9.59 Å². The van der Waals surface area contributed by atoms with Crippen molar-refractivity contribution in [2.75, 3.05) is 0 Å². The van der Waals surface area contributed by atoms with Gasteiger partial charge in [-0.3, -0.25) is 0 Å². The van der Waals surface area contributed by atoms with E-state index < -0.39 is 0 Å². The highest BCUT2D eigenvalue weighted by molar-refractivity contribution is 7.59. The Balaban J connectivity index is 0. The lowest BCUT2D eigenvalue weighted by Crippen LogP contribution is -1.22. The molecule has 0 spiro atoms. The van der Waals surface area contributed by atoms with Crippen molar-refractivity contribution in [3.63, 3.8) is 0 Å². The molecule has 0 aliphatic heterocycles. The van der Waals surface area contributed by atoms with Crippen LogP contribution in [0, 0.1) is 0 Å². The average Bonchev–Trinajstić information content (AvgIpc) is 0.918. The Hall–Kier alpha value is -0.270. The van der Waals surface area contributed by atoms with Crippen molar-refractivity contribution < 1.29 is 9.59 Å². The quantitative estimate of drug-likeness (QED) is 0.392. The number of carbonyl (C=O) groups excluding carboxylic acids is 2. The summed E-state index contributed by atoms with van der Waals surface area (Å²) in [5, 5.41) is 0. The van der Waals surface area contributed by atoms with E-state index in [0.29, 0.717) is 0 Å². The molecule has 0 heterocycles. The van der Waals surface area contributed by atoms with E-state index in [9.17, 15) is 0 Å². The topological polar surface area (TPSA) is 34.1 Å². The number of hydrogen-bond acceptors (Lipinski definition) is 2. The van der Waals surface area contributed by atoms with Crippen LogP contribution in [0.15, 0.2) is 0 Å². The highest BCUT2D eigenvalue weighted by atomic mass is 32.1. The third-order valence-electron chi connectivity index (χ3n) is 0. The van der Waals surface area contributed by atoms with Gasteiger partial charge in [-0.2, -0.15) is 23.1 Å². The van der Waals surface area contributed by atoms with Crippen LogP contribution < -0.4 is 0 Å². The number of rotatable bonds is 0. The Morgan fingerprint density at radius 3 is 1.25 bits per heavy atom. The SMILES string of the molecule is O=C=O.S. The molecule has 2 nitrogen and oxygen atoms in total. The molecule has 0 amide bonds. The maximum atomic E-state index is 8.12. The second kappa shape index (κ2) is 15.3. The van der Waals surface area contributed by atoms with Crippen LogP contribution in [0.5, 0.6) is 0 Å². The van der Waals surface area contributed by atoms with Crippen LogP contribution in [0.25, 0.3) is 0 Å². The molecule has 0 saturated carbocycles. The molecule has 0 unspecified atom stereocenters. The van der Waals surface area contributed by atoms with Crippen molar-refractivity contribution in [2.24, 2.45) is 0 Å². The maximum absolute atomic E-state index is 8.12. The minimum atomic E-state index is 0. The third kappa shape index (κ3) is 12.6. The molecule has 0 rings (SSSR count). The smallest absolute Gasteiger partial charge is 0.197 e. The van der Waals surface area contributed by atoms with Gasteiger partial charge < -0.3 is 0 Å². The Morgan fingerprint density at radius 2 is 1.25 bits per heavy atom. The minimum Gasteiger partial charge on any atom is -0.197 e. The minimum absolute atomic E-state index is 0. The molecule has 0 radical (unpaired) electrons. The van der Waals surface area contributed by atoms with Gasteiger partial charge in [0.15, 0.2) is 0 Å². The van der Waals surface area contributed by atoms with Gasteiger partial charge in [0.25, 0.3) is 0 Å². The van der Waals surface area contributed by atoms with Crippen LogP contribution in [0.3, 0.4) is 0 Å². The Morgan fingerprint density at radius 1 is 1.25 bits per heavy atom. The van der Waals surface area contributed by atoms with E-state index in [1.54, 1.807) is 0 Å². The fourth-order valence-corrected chi connectivity index (χ4v) is 0. The third-order valence-corrected chi connectivity index (χ3v) is 0. The first kappa shape index (κ1) is 9.29. The lowest BCUT2D eigenvalue weighted by Gasteiger charge is -0.945. The van der Waals surface area contributed by atoms with Gasteiger partial charge in [-0.15, -0.1) is 0 Å². The highest BCUT2D eigenvalue weighted by Crippen LogP contribution is 0.787.